The van der Waals surface area contributed by atoms with Crippen molar-refractivity contribution in [1.82, 2.24) is 0 Å². The first kappa shape index (κ1) is 34.9. The molecule has 2 aliphatic carbocycles. The second-order valence-corrected chi connectivity index (χ2v) is 25.3. The molecular formula is C46H40Br2P2Si. The summed E-state index contributed by atoms with van der Waals surface area (Å²) in [5.74, 6) is 0. The Morgan fingerprint density at radius 2 is 0.725 bits per heavy atom. The molecular weight excluding hydrogens is 802 g/mol. The van der Waals surface area contributed by atoms with Crippen LogP contribution in [0.15, 0.2) is 166 Å². The van der Waals surface area contributed by atoms with Gasteiger partial charge in [0, 0.05) is 20.0 Å². The van der Waals surface area contributed by atoms with Crippen LogP contribution in [0.4, 0.5) is 0 Å². The summed E-state index contributed by atoms with van der Waals surface area (Å²) >= 11 is 8.20. The summed E-state index contributed by atoms with van der Waals surface area (Å²) in [6.07, 6.45) is 4.95. The quantitative estimate of drug-likeness (QED) is 0.106. The van der Waals surface area contributed by atoms with Gasteiger partial charge in [0.1, 0.15) is 0 Å². The lowest BCUT2D eigenvalue weighted by molar-refractivity contribution is 0.969. The number of benzene rings is 6. The predicted octanol–water partition coefficient (Wildman–Crippen LogP) is 11.2. The summed E-state index contributed by atoms with van der Waals surface area (Å²) < 4.78 is 2.42. The highest BCUT2D eigenvalue weighted by molar-refractivity contribution is 9.10. The Hall–Kier alpha value is -3.16. The summed E-state index contributed by atoms with van der Waals surface area (Å²) in [7, 11) is -3.53. The van der Waals surface area contributed by atoms with E-state index in [0.717, 1.165) is 0 Å². The smallest absolute Gasteiger partial charge is 0.0679 e. The molecule has 51 heavy (non-hydrogen) atoms. The zero-order chi connectivity index (χ0) is 35.3. The largest absolute Gasteiger partial charge is 0.0722 e. The minimum absolute atomic E-state index is 0.402. The van der Waals surface area contributed by atoms with Crippen molar-refractivity contribution >= 4 is 99.8 Å². The van der Waals surface area contributed by atoms with E-state index in [9.17, 15) is 0 Å². The van der Waals surface area contributed by atoms with Gasteiger partial charge in [-0.2, -0.15) is 0 Å². The Morgan fingerprint density at radius 1 is 0.431 bits per heavy atom. The third-order valence-corrected chi connectivity index (χ3v) is 21.3. The summed E-state index contributed by atoms with van der Waals surface area (Å²) in [6.45, 7) is 10.1. The molecule has 0 radical (unpaired) electrons. The van der Waals surface area contributed by atoms with Gasteiger partial charge in [-0.05, 0) is 108 Å². The topological polar surface area (TPSA) is 0 Å². The van der Waals surface area contributed by atoms with Crippen LogP contribution in [0.2, 0.25) is 13.1 Å². The number of rotatable bonds is 8. The Morgan fingerprint density at radius 3 is 1.02 bits per heavy atom. The molecule has 2 atom stereocenters. The van der Waals surface area contributed by atoms with Crippen LogP contribution in [0, 0.1) is 0 Å². The van der Waals surface area contributed by atoms with Gasteiger partial charge in [-0.1, -0.05) is 190 Å². The molecule has 0 bridgehead atoms. The minimum Gasteiger partial charge on any atom is -0.0679 e. The van der Waals surface area contributed by atoms with Crippen molar-refractivity contribution in [2.45, 2.75) is 38.0 Å². The van der Waals surface area contributed by atoms with Gasteiger partial charge in [-0.15, -0.1) is 0 Å². The zero-order valence-electron chi connectivity index (χ0n) is 29.3. The first-order chi connectivity index (χ1) is 24.7. The van der Waals surface area contributed by atoms with Crippen LogP contribution in [0.25, 0.3) is 12.2 Å². The van der Waals surface area contributed by atoms with Crippen LogP contribution in [0.5, 0.6) is 0 Å². The molecule has 6 aromatic carbocycles. The zero-order valence-corrected chi connectivity index (χ0v) is 35.3. The van der Waals surface area contributed by atoms with Crippen LogP contribution < -0.4 is 31.8 Å². The molecule has 0 aromatic heterocycles. The Labute approximate surface area is 323 Å². The van der Waals surface area contributed by atoms with Crippen molar-refractivity contribution < 1.29 is 0 Å². The molecule has 0 N–H and O–H groups in total. The summed E-state index contributed by atoms with van der Waals surface area (Å²) in [4.78, 5) is 0. The molecule has 0 aliphatic heterocycles. The average molecular weight is 843 g/mol. The molecule has 5 heteroatoms. The molecule has 252 valence electrons. The van der Waals surface area contributed by atoms with E-state index in [1.165, 1.54) is 74.2 Å². The van der Waals surface area contributed by atoms with Crippen molar-refractivity contribution in [3.63, 3.8) is 0 Å². The fraction of sp³-hybridized carbons (Fsp3) is 0.130. The summed E-state index contributed by atoms with van der Waals surface area (Å²) in [6, 6.07) is 54.4. The predicted molar refractivity (Wildman–Crippen MR) is 236 cm³/mol. The minimum atomic E-state index is -2.11. The van der Waals surface area contributed by atoms with Gasteiger partial charge in [0.25, 0.3) is 0 Å². The van der Waals surface area contributed by atoms with Gasteiger partial charge >= 0.3 is 0 Å². The molecule has 0 nitrogen and oxygen atoms in total. The van der Waals surface area contributed by atoms with E-state index in [0.29, 0.717) is 11.1 Å². The maximum absolute atomic E-state index is 4.10. The second-order valence-electron chi connectivity index (χ2n) is 14.3. The fourth-order valence-corrected chi connectivity index (χ4v) is 19.9. The summed E-state index contributed by atoms with van der Waals surface area (Å²) in [5, 5.41) is 8.36. The van der Waals surface area contributed by atoms with Crippen LogP contribution in [0.1, 0.15) is 47.2 Å². The highest BCUT2D eigenvalue weighted by Crippen LogP contribution is 2.54. The molecule has 2 unspecified atom stereocenters. The van der Waals surface area contributed by atoms with Gasteiger partial charge in [0.2, 0.25) is 0 Å². The Kier molecular flexibility index (Phi) is 9.81. The van der Waals surface area contributed by atoms with Crippen LogP contribution in [-0.4, -0.2) is 8.07 Å². The van der Waals surface area contributed by atoms with E-state index in [4.69, 9.17) is 0 Å². The number of fused-ring (bicyclic) bond motifs is 2. The van der Waals surface area contributed by atoms with Crippen LogP contribution >= 0.6 is 47.7 Å². The number of allylic oxidation sites excluding steroid dienone is 2. The van der Waals surface area contributed by atoms with Crippen molar-refractivity contribution in [2.24, 2.45) is 0 Å². The standard InChI is InChI=1S/C46H40Br2P2Si/c1-31-25-39-41(27-37(29-43(39)47)49(33-17-9-5-10-18-33)34-19-11-6-12-20-34)45(31)51(3,4)46-32(2)26-40-42(46)28-38(30-44(40)48)50(35-21-13-7-14-22-35)36-23-15-8-16-24-36/h5-30,45-46H,1-4H3. The third kappa shape index (κ3) is 6.45. The molecule has 6 aromatic rings. The third-order valence-electron chi connectivity index (χ3n) is 10.6. The van der Waals surface area contributed by atoms with Crippen molar-refractivity contribution in [1.29, 1.82) is 0 Å². The lowest BCUT2D eigenvalue weighted by Crippen LogP contribution is -2.42. The molecule has 8 rings (SSSR count). The molecule has 0 saturated carbocycles. The maximum atomic E-state index is 4.10. The molecule has 0 saturated heterocycles. The highest BCUT2D eigenvalue weighted by Gasteiger charge is 2.47. The first-order valence-electron chi connectivity index (χ1n) is 17.6. The van der Waals surface area contributed by atoms with Crippen LogP contribution in [0.3, 0.4) is 0 Å². The number of hydrogen-bond acceptors (Lipinski definition) is 0. The van der Waals surface area contributed by atoms with Gasteiger partial charge in [-0.3, -0.25) is 0 Å². The van der Waals surface area contributed by atoms with Crippen molar-refractivity contribution in [2.75, 3.05) is 0 Å². The van der Waals surface area contributed by atoms with Gasteiger partial charge < -0.3 is 0 Å². The second kappa shape index (κ2) is 14.3. The van der Waals surface area contributed by atoms with Gasteiger partial charge in [-0.25, -0.2) is 0 Å². The lowest BCUT2D eigenvalue weighted by Gasteiger charge is -2.39. The van der Waals surface area contributed by atoms with E-state index in [1.807, 2.05) is 0 Å². The Bertz CT molecular complexity index is 2040. The normalized spacial score (nSPS) is 16.6. The molecule has 0 spiro atoms. The Balaban J connectivity index is 1.25. The van der Waals surface area contributed by atoms with Crippen molar-refractivity contribution in [3.05, 3.63) is 188 Å². The van der Waals surface area contributed by atoms with E-state index in [1.54, 1.807) is 0 Å². The molecule has 0 heterocycles. The molecule has 2 aliphatic rings. The lowest BCUT2D eigenvalue weighted by atomic mass is 10.1. The summed E-state index contributed by atoms with van der Waals surface area (Å²) in [5.41, 5.74) is 9.53. The number of hydrogen-bond donors (Lipinski definition) is 0. The average Bonchev–Trinajstić information content (AvgIpc) is 3.67. The number of halogens is 2. The van der Waals surface area contributed by atoms with Crippen LogP contribution in [-0.2, 0) is 0 Å². The van der Waals surface area contributed by atoms with E-state index in [2.05, 4.69) is 217 Å². The molecule has 0 amide bonds. The van der Waals surface area contributed by atoms with E-state index >= 15 is 0 Å². The first-order valence-corrected chi connectivity index (χ1v) is 25.0. The molecule has 0 fully saturated rings. The van der Waals surface area contributed by atoms with Gasteiger partial charge in [0.05, 0.1) is 8.07 Å². The van der Waals surface area contributed by atoms with Crippen molar-refractivity contribution in [3.8, 4) is 0 Å². The fourth-order valence-electron chi connectivity index (χ4n) is 8.75. The monoisotopic (exact) mass is 840 g/mol. The highest BCUT2D eigenvalue weighted by atomic mass is 79.9. The van der Waals surface area contributed by atoms with E-state index in [-0.39, 0.29) is 0 Å². The van der Waals surface area contributed by atoms with Gasteiger partial charge in [0.15, 0.2) is 0 Å². The SMILES string of the molecule is CC1=Cc2c(Br)cc(P(c3ccccc3)c3ccccc3)cc2C1[Si](C)(C)C1C(C)=Cc2c(Br)cc(P(c3ccccc3)c3ccccc3)cc21. The van der Waals surface area contributed by atoms with E-state index < -0.39 is 23.9 Å². The maximum Gasteiger partial charge on any atom is 0.0722 e.